The Hall–Kier alpha value is -1.30. The molecule has 0 spiro atoms. The molecule has 15 heavy (non-hydrogen) atoms. The van der Waals surface area contributed by atoms with Gasteiger partial charge in [0.05, 0.1) is 11.9 Å². The molecule has 1 atom stereocenters. The number of carbonyl (C=O) groups is 3. The molecule has 1 rings (SSSR count). The highest BCUT2D eigenvalue weighted by Crippen LogP contribution is 2.15. The summed E-state index contributed by atoms with van der Waals surface area (Å²) in [6.45, 7) is -0.235. The average molecular weight is 235 g/mol. The normalized spacial score (nSPS) is 20.5. The Kier molecular flexibility index (Phi) is 3.90. The van der Waals surface area contributed by atoms with E-state index in [4.69, 9.17) is 16.7 Å². The molecule has 0 radical (unpaired) electrons. The zero-order chi connectivity index (χ0) is 11.4. The van der Waals surface area contributed by atoms with Crippen LogP contribution in [0, 0.1) is 0 Å². The van der Waals surface area contributed by atoms with E-state index in [1.54, 1.807) is 0 Å². The van der Waals surface area contributed by atoms with Crippen LogP contribution in [-0.4, -0.2) is 52.8 Å². The predicted octanol–water partition coefficient (Wildman–Crippen LogP) is -0.973. The van der Waals surface area contributed by atoms with E-state index in [9.17, 15) is 14.4 Å². The molecule has 1 saturated heterocycles. The lowest BCUT2D eigenvalue weighted by Gasteiger charge is -2.14. The van der Waals surface area contributed by atoms with Crippen molar-refractivity contribution in [1.82, 2.24) is 10.2 Å². The quantitative estimate of drug-likeness (QED) is 0.613. The van der Waals surface area contributed by atoms with Crippen LogP contribution in [0.5, 0.6) is 0 Å². The van der Waals surface area contributed by atoms with Gasteiger partial charge in [0.2, 0.25) is 11.8 Å². The van der Waals surface area contributed by atoms with E-state index in [0.717, 1.165) is 0 Å². The third-order valence-electron chi connectivity index (χ3n) is 1.94. The maximum absolute atomic E-state index is 11.2. The molecule has 0 aromatic heterocycles. The highest BCUT2D eigenvalue weighted by atomic mass is 35.5. The number of carboxylic acids is 1. The zero-order valence-electron chi connectivity index (χ0n) is 7.90. The Morgan fingerprint density at radius 1 is 1.60 bits per heavy atom. The standard InChI is InChI=1S/C8H11ClN2O4/c9-5-1-7(13)11(3-5)4-6(12)10-2-8(14)15/h5H,1-4H2,(H,10,12)(H,14,15). The van der Waals surface area contributed by atoms with Crippen LogP contribution in [0.25, 0.3) is 0 Å². The zero-order valence-corrected chi connectivity index (χ0v) is 8.66. The summed E-state index contributed by atoms with van der Waals surface area (Å²) in [6.07, 6.45) is 0.230. The molecule has 84 valence electrons. The number of likely N-dealkylation sites (tertiary alicyclic amines) is 1. The molecule has 0 aliphatic carbocycles. The first-order valence-corrected chi connectivity index (χ1v) is 4.83. The highest BCUT2D eigenvalue weighted by molar-refractivity contribution is 6.22. The monoisotopic (exact) mass is 234 g/mol. The molecule has 0 bridgehead atoms. The van der Waals surface area contributed by atoms with Gasteiger partial charge in [0.1, 0.15) is 6.54 Å². The minimum atomic E-state index is -1.12. The molecule has 7 heteroatoms. The second-order valence-electron chi connectivity index (χ2n) is 3.25. The number of nitrogens with zero attached hydrogens (tertiary/aromatic N) is 1. The number of nitrogens with one attached hydrogen (secondary N) is 1. The van der Waals surface area contributed by atoms with E-state index in [1.807, 2.05) is 0 Å². The summed E-state index contributed by atoms with van der Waals surface area (Å²) in [6, 6.07) is 0. The van der Waals surface area contributed by atoms with Crippen molar-refractivity contribution in [3.63, 3.8) is 0 Å². The smallest absolute Gasteiger partial charge is 0.322 e. The van der Waals surface area contributed by atoms with Gasteiger partial charge >= 0.3 is 5.97 Å². The Labute approximate surface area is 91.2 Å². The van der Waals surface area contributed by atoms with E-state index in [-0.39, 0.29) is 24.2 Å². The van der Waals surface area contributed by atoms with Gasteiger partial charge in [0, 0.05) is 13.0 Å². The van der Waals surface area contributed by atoms with Crippen molar-refractivity contribution < 1.29 is 19.5 Å². The van der Waals surface area contributed by atoms with Gasteiger partial charge < -0.3 is 15.3 Å². The number of amides is 2. The molecule has 1 aliphatic heterocycles. The minimum absolute atomic E-state index is 0.130. The summed E-state index contributed by atoms with van der Waals surface area (Å²) < 4.78 is 0. The topological polar surface area (TPSA) is 86.7 Å². The van der Waals surface area contributed by atoms with Crippen molar-refractivity contribution in [3.05, 3.63) is 0 Å². The number of rotatable bonds is 4. The molecule has 0 aromatic carbocycles. The van der Waals surface area contributed by atoms with Gasteiger partial charge in [-0.15, -0.1) is 11.6 Å². The fourth-order valence-corrected chi connectivity index (χ4v) is 1.58. The summed E-state index contributed by atoms with van der Waals surface area (Å²) in [5, 5.41) is 10.2. The summed E-state index contributed by atoms with van der Waals surface area (Å²) in [4.78, 5) is 33.8. The number of aliphatic carboxylic acids is 1. The number of carboxylic acid groups (broad SMARTS) is 1. The lowest BCUT2D eigenvalue weighted by Crippen LogP contribution is -2.40. The predicted molar refractivity (Wildman–Crippen MR) is 51.5 cm³/mol. The number of carbonyl (C=O) groups excluding carboxylic acids is 2. The Morgan fingerprint density at radius 2 is 2.27 bits per heavy atom. The third kappa shape index (κ3) is 3.75. The van der Waals surface area contributed by atoms with Gasteiger partial charge in [0.25, 0.3) is 0 Å². The molecule has 2 N–H and O–H groups in total. The van der Waals surface area contributed by atoms with E-state index in [1.165, 1.54) is 4.90 Å². The third-order valence-corrected chi connectivity index (χ3v) is 2.23. The van der Waals surface area contributed by atoms with Crippen LogP contribution in [0.2, 0.25) is 0 Å². The van der Waals surface area contributed by atoms with Gasteiger partial charge in [-0.05, 0) is 0 Å². The molecule has 2 amide bonds. The summed E-state index contributed by atoms with van der Waals surface area (Å²) >= 11 is 5.72. The van der Waals surface area contributed by atoms with Crippen molar-refractivity contribution in [2.24, 2.45) is 0 Å². The van der Waals surface area contributed by atoms with Crippen LogP contribution in [-0.2, 0) is 14.4 Å². The van der Waals surface area contributed by atoms with Crippen LogP contribution in [0.3, 0.4) is 0 Å². The molecule has 6 nitrogen and oxygen atoms in total. The Bertz CT molecular complexity index is 294. The molecule has 1 aliphatic rings. The lowest BCUT2D eigenvalue weighted by molar-refractivity contribution is -0.138. The number of hydrogen-bond donors (Lipinski definition) is 2. The van der Waals surface area contributed by atoms with Crippen LogP contribution < -0.4 is 5.32 Å². The fourth-order valence-electron chi connectivity index (χ4n) is 1.28. The summed E-state index contributed by atoms with van der Waals surface area (Å²) in [5.74, 6) is -1.79. The molecular weight excluding hydrogens is 224 g/mol. The fraction of sp³-hybridized carbons (Fsp3) is 0.625. The van der Waals surface area contributed by atoms with E-state index < -0.39 is 18.4 Å². The first kappa shape index (κ1) is 11.8. The summed E-state index contributed by atoms with van der Waals surface area (Å²) in [7, 11) is 0. The van der Waals surface area contributed by atoms with Crippen molar-refractivity contribution in [3.8, 4) is 0 Å². The van der Waals surface area contributed by atoms with Crippen molar-refractivity contribution in [2.45, 2.75) is 11.8 Å². The summed E-state index contributed by atoms with van der Waals surface area (Å²) in [5.41, 5.74) is 0. The van der Waals surface area contributed by atoms with Gasteiger partial charge in [-0.2, -0.15) is 0 Å². The molecule has 0 saturated carbocycles. The van der Waals surface area contributed by atoms with Crippen molar-refractivity contribution in [1.29, 1.82) is 0 Å². The SMILES string of the molecule is O=C(O)CNC(=O)CN1CC(Cl)CC1=O. The average Bonchev–Trinajstić information content (AvgIpc) is 2.42. The largest absolute Gasteiger partial charge is 0.480 e. The minimum Gasteiger partial charge on any atom is -0.480 e. The second-order valence-corrected chi connectivity index (χ2v) is 3.86. The first-order valence-electron chi connectivity index (χ1n) is 4.39. The van der Waals surface area contributed by atoms with Crippen LogP contribution in [0.1, 0.15) is 6.42 Å². The lowest BCUT2D eigenvalue weighted by atomic mass is 10.4. The van der Waals surface area contributed by atoms with Gasteiger partial charge in [-0.25, -0.2) is 0 Å². The Balaban J connectivity index is 2.32. The molecule has 1 fully saturated rings. The van der Waals surface area contributed by atoms with Crippen LogP contribution >= 0.6 is 11.6 Å². The number of hydrogen-bond acceptors (Lipinski definition) is 3. The molecule has 0 aromatic rings. The van der Waals surface area contributed by atoms with E-state index >= 15 is 0 Å². The van der Waals surface area contributed by atoms with E-state index in [2.05, 4.69) is 5.32 Å². The second kappa shape index (κ2) is 4.97. The first-order chi connectivity index (χ1) is 6.99. The Morgan fingerprint density at radius 3 is 2.73 bits per heavy atom. The molecular formula is C8H11ClN2O4. The van der Waals surface area contributed by atoms with Crippen molar-refractivity contribution in [2.75, 3.05) is 19.6 Å². The van der Waals surface area contributed by atoms with E-state index in [0.29, 0.717) is 6.54 Å². The van der Waals surface area contributed by atoms with Gasteiger partial charge in [-0.1, -0.05) is 0 Å². The number of halogens is 1. The number of alkyl halides is 1. The van der Waals surface area contributed by atoms with Crippen LogP contribution in [0.4, 0.5) is 0 Å². The van der Waals surface area contributed by atoms with Gasteiger partial charge in [0.15, 0.2) is 0 Å². The molecule has 1 unspecified atom stereocenters. The molecule has 1 heterocycles. The highest BCUT2D eigenvalue weighted by Gasteiger charge is 2.29. The van der Waals surface area contributed by atoms with Crippen LogP contribution in [0.15, 0.2) is 0 Å². The van der Waals surface area contributed by atoms with Gasteiger partial charge in [-0.3, -0.25) is 14.4 Å². The van der Waals surface area contributed by atoms with Crippen molar-refractivity contribution >= 4 is 29.4 Å². The maximum Gasteiger partial charge on any atom is 0.322 e. The maximum atomic E-state index is 11.2.